The van der Waals surface area contributed by atoms with Crippen molar-refractivity contribution in [3.05, 3.63) is 52.6 Å². The van der Waals surface area contributed by atoms with Crippen LogP contribution in [0.4, 0.5) is 0 Å². The van der Waals surface area contributed by atoms with Crippen LogP contribution in [0.1, 0.15) is 37.7 Å². The predicted molar refractivity (Wildman–Crippen MR) is 80.7 cm³/mol. The molecule has 0 bridgehead atoms. The second-order valence-electron chi connectivity index (χ2n) is 5.54. The third-order valence-corrected chi connectivity index (χ3v) is 4.22. The van der Waals surface area contributed by atoms with Gasteiger partial charge in [-0.25, -0.2) is 4.79 Å². The molecule has 1 aliphatic heterocycles. The van der Waals surface area contributed by atoms with Crippen LogP contribution < -0.4 is 5.32 Å². The first kappa shape index (κ1) is 14.5. The zero-order chi connectivity index (χ0) is 15.7. The van der Waals surface area contributed by atoms with Crippen LogP contribution >= 0.6 is 0 Å². The third kappa shape index (κ3) is 2.32. The summed E-state index contributed by atoms with van der Waals surface area (Å²) in [5.41, 5.74) is 3.77. The number of ketones is 1. The van der Waals surface area contributed by atoms with Gasteiger partial charge in [0.1, 0.15) is 0 Å². The number of esters is 1. The fourth-order valence-corrected chi connectivity index (χ4v) is 3.25. The highest BCUT2D eigenvalue weighted by atomic mass is 16.5. The molecule has 5 heteroatoms. The number of dihydropyridines is 1. The van der Waals surface area contributed by atoms with Crippen LogP contribution in [0.3, 0.4) is 0 Å². The van der Waals surface area contributed by atoms with Crippen molar-refractivity contribution in [3.8, 4) is 0 Å². The summed E-state index contributed by atoms with van der Waals surface area (Å²) in [4.78, 5) is 28.8. The highest BCUT2D eigenvalue weighted by Gasteiger charge is 2.38. The summed E-state index contributed by atoms with van der Waals surface area (Å²) in [5, 5.41) is 3.24. The molecule has 1 aromatic heterocycles. The normalized spacial score (nSPS) is 21.4. The van der Waals surface area contributed by atoms with Gasteiger partial charge in [0.05, 0.1) is 12.7 Å². The average molecular weight is 298 g/mol. The molecule has 0 saturated carbocycles. The number of Topliss-reactive ketones (excluding diaryl/α,β-unsaturated/α-hetero) is 1. The van der Waals surface area contributed by atoms with E-state index in [1.54, 1.807) is 12.4 Å². The van der Waals surface area contributed by atoms with Crippen molar-refractivity contribution in [1.82, 2.24) is 10.3 Å². The second-order valence-corrected chi connectivity index (χ2v) is 5.54. The smallest absolute Gasteiger partial charge is 0.336 e. The molecule has 2 heterocycles. The number of carbonyl (C=O) groups is 2. The summed E-state index contributed by atoms with van der Waals surface area (Å²) >= 11 is 0. The molecule has 1 unspecified atom stereocenters. The maximum absolute atomic E-state index is 12.5. The number of rotatable bonds is 2. The van der Waals surface area contributed by atoms with Crippen molar-refractivity contribution < 1.29 is 14.3 Å². The van der Waals surface area contributed by atoms with Crippen LogP contribution in [0, 0.1) is 0 Å². The third-order valence-electron chi connectivity index (χ3n) is 4.22. The first-order chi connectivity index (χ1) is 10.6. The monoisotopic (exact) mass is 298 g/mol. The summed E-state index contributed by atoms with van der Waals surface area (Å²) < 4.78 is 4.94. The van der Waals surface area contributed by atoms with Crippen LogP contribution in [0.25, 0.3) is 0 Å². The molecule has 1 aliphatic carbocycles. The van der Waals surface area contributed by atoms with E-state index in [1.165, 1.54) is 7.11 Å². The van der Waals surface area contributed by atoms with E-state index >= 15 is 0 Å². The average Bonchev–Trinajstić information content (AvgIpc) is 2.54. The number of nitrogens with one attached hydrogen (secondary N) is 1. The molecule has 0 saturated heterocycles. The van der Waals surface area contributed by atoms with E-state index in [2.05, 4.69) is 10.3 Å². The number of pyridine rings is 1. The van der Waals surface area contributed by atoms with Gasteiger partial charge in [-0.2, -0.15) is 0 Å². The van der Waals surface area contributed by atoms with Crippen molar-refractivity contribution in [3.63, 3.8) is 0 Å². The lowest BCUT2D eigenvalue weighted by Crippen LogP contribution is -2.34. The van der Waals surface area contributed by atoms with Gasteiger partial charge in [-0.1, -0.05) is 0 Å². The zero-order valence-electron chi connectivity index (χ0n) is 12.7. The Morgan fingerprint density at radius 3 is 2.73 bits per heavy atom. The topological polar surface area (TPSA) is 68.3 Å². The predicted octanol–water partition coefficient (Wildman–Crippen LogP) is 2.22. The van der Waals surface area contributed by atoms with Gasteiger partial charge in [0.15, 0.2) is 5.78 Å². The summed E-state index contributed by atoms with van der Waals surface area (Å²) in [6.45, 7) is 1.85. The van der Waals surface area contributed by atoms with Gasteiger partial charge in [-0.3, -0.25) is 9.78 Å². The van der Waals surface area contributed by atoms with Crippen molar-refractivity contribution in [2.75, 3.05) is 7.11 Å². The van der Waals surface area contributed by atoms with Crippen LogP contribution in [0.15, 0.2) is 47.1 Å². The molecule has 114 valence electrons. The number of aromatic nitrogens is 1. The lowest BCUT2D eigenvalue weighted by atomic mass is 9.75. The summed E-state index contributed by atoms with van der Waals surface area (Å²) in [6.07, 6.45) is 5.54. The number of methoxy groups -OCH3 is 1. The molecular formula is C17H18N2O3. The number of carbonyl (C=O) groups excluding carboxylic acids is 2. The Morgan fingerprint density at radius 2 is 2.05 bits per heavy atom. The minimum absolute atomic E-state index is 0.101. The largest absolute Gasteiger partial charge is 0.466 e. The molecule has 1 atom stereocenters. The van der Waals surface area contributed by atoms with Gasteiger partial charge in [-0.15, -0.1) is 0 Å². The number of nitrogens with zero attached hydrogens (tertiary/aromatic N) is 1. The van der Waals surface area contributed by atoms with E-state index in [4.69, 9.17) is 4.74 Å². The maximum atomic E-state index is 12.5. The SMILES string of the molecule is COC(=O)C1=C(C)NC2=C(C(=O)CCC2)C1c1ccncc1. The van der Waals surface area contributed by atoms with Crippen LogP contribution in [0.5, 0.6) is 0 Å². The summed E-state index contributed by atoms with van der Waals surface area (Å²) in [6, 6.07) is 3.69. The van der Waals surface area contributed by atoms with E-state index in [0.29, 0.717) is 17.6 Å². The number of hydrogen-bond donors (Lipinski definition) is 1. The van der Waals surface area contributed by atoms with Gasteiger partial charge in [0.25, 0.3) is 0 Å². The quantitative estimate of drug-likeness (QED) is 0.848. The number of hydrogen-bond acceptors (Lipinski definition) is 5. The van der Waals surface area contributed by atoms with Crippen LogP contribution in [0.2, 0.25) is 0 Å². The lowest BCUT2D eigenvalue weighted by Gasteiger charge is -2.33. The van der Waals surface area contributed by atoms with Gasteiger partial charge < -0.3 is 10.1 Å². The van der Waals surface area contributed by atoms with Crippen molar-refractivity contribution >= 4 is 11.8 Å². The Bertz CT molecular complexity index is 689. The number of ether oxygens (including phenoxy) is 1. The molecule has 0 radical (unpaired) electrons. The molecule has 3 rings (SSSR count). The van der Waals surface area contributed by atoms with Crippen molar-refractivity contribution in [2.24, 2.45) is 0 Å². The highest BCUT2D eigenvalue weighted by Crippen LogP contribution is 2.42. The van der Waals surface area contributed by atoms with E-state index in [-0.39, 0.29) is 11.7 Å². The Hall–Kier alpha value is -2.43. The molecule has 22 heavy (non-hydrogen) atoms. The summed E-state index contributed by atoms with van der Waals surface area (Å²) in [5.74, 6) is -0.680. The molecular weight excluding hydrogens is 280 g/mol. The van der Waals surface area contributed by atoms with Gasteiger partial charge in [0.2, 0.25) is 0 Å². The molecule has 0 aromatic carbocycles. The molecule has 2 aliphatic rings. The fraction of sp³-hybridized carbons (Fsp3) is 0.353. The lowest BCUT2D eigenvalue weighted by molar-refractivity contribution is -0.136. The molecule has 5 nitrogen and oxygen atoms in total. The van der Waals surface area contributed by atoms with Gasteiger partial charge in [0, 0.05) is 41.7 Å². The van der Waals surface area contributed by atoms with Gasteiger partial charge >= 0.3 is 5.97 Å². The van der Waals surface area contributed by atoms with Gasteiger partial charge in [-0.05, 0) is 37.5 Å². The second kappa shape index (κ2) is 5.75. The van der Waals surface area contributed by atoms with E-state index in [1.807, 2.05) is 19.1 Å². The standard InChI is InChI=1S/C17H18N2O3/c1-10-14(17(21)22-2)15(11-6-8-18-9-7-11)16-12(19-10)4-3-5-13(16)20/h6-9,15,19H,3-5H2,1-2H3. The molecule has 0 spiro atoms. The molecule has 1 aromatic rings. The van der Waals surface area contributed by atoms with Crippen LogP contribution in [-0.2, 0) is 14.3 Å². The Morgan fingerprint density at radius 1 is 1.32 bits per heavy atom. The van der Waals surface area contributed by atoms with E-state index in [0.717, 1.165) is 29.8 Å². The van der Waals surface area contributed by atoms with E-state index in [9.17, 15) is 9.59 Å². The van der Waals surface area contributed by atoms with E-state index < -0.39 is 5.97 Å². The molecule has 0 amide bonds. The van der Waals surface area contributed by atoms with Crippen molar-refractivity contribution in [2.45, 2.75) is 32.1 Å². The highest BCUT2D eigenvalue weighted by molar-refractivity contribution is 6.03. The Kier molecular flexibility index (Phi) is 3.79. The summed E-state index contributed by atoms with van der Waals surface area (Å²) in [7, 11) is 1.36. The first-order valence-corrected chi connectivity index (χ1v) is 7.35. The molecule has 0 fully saturated rings. The minimum Gasteiger partial charge on any atom is -0.466 e. The fourth-order valence-electron chi connectivity index (χ4n) is 3.25. The van der Waals surface area contributed by atoms with Crippen LogP contribution in [-0.4, -0.2) is 23.8 Å². The zero-order valence-corrected chi connectivity index (χ0v) is 12.7. The Balaban J connectivity index is 2.18. The minimum atomic E-state index is -0.406. The van der Waals surface area contributed by atoms with Crippen molar-refractivity contribution in [1.29, 1.82) is 0 Å². The maximum Gasteiger partial charge on any atom is 0.336 e. The Labute approximate surface area is 129 Å². The first-order valence-electron chi connectivity index (χ1n) is 7.35. The molecule has 1 N–H and O–H groups in total. The number of allylic oxidation sites excluding steroid dienone is 3.